The molecular formula is C19H17N3OS2. The van der Waals surface area contributed by atoms with Crippen LogP contribution in [-0.4, -0.2) is 16.1 Å². The number of rotatable bonds is 4. The molecule has 2 heterocycles. The number of nitrogens with zero attached hydrogens (tertiary/aromatic N) is 2. The van der Waals surface area contributed by atoms with E-state index in [-0.39, 0.29) is 11.2 Å². The minimum absolute atomic E-state index is 0.131. The van der Waals surface area contributed by atoms with Crippen LogP contribution in [0.5, 0.6) is 0 Å². The van der Waals surface area contributed by atoms with Gasteiger partial charge in [0.25, 0.3) is 0 Å². The molecule has 1 atom stereocenters. The van der Waals surface area contributed by atoms with Gasteiger partial charge in [0, 0.05) is 5.39 Å². The van der Waals surface area contributed by atoms with E-state index in [4.69, 9.17) is 10.2 Å². The molecule has 0 saturated heterocycles. The number of carbonyl (C=O) groups excluding carboxylic acids is 1. The molecule has 3 aromatic rings. The van der Waals surface area contributed by atoms with Crippen LogP contribution in [0.25, 0.3) is 10.9 Å². The Labute approximate surface area is 154 Å². The summed E-state index contributed by atoms with van der Waals surface area (Å²) in [6, 6.07) is 11.9. The smallest absolute Gasteiger partial charge is 0.238 e. The van der Waals surface area contributed by atoms with Crippen molar-refractivity contribution >= 4 is 44.9 Å². The molecule has 1 amide bonds. The number of benzene rings is 1. The number of thioether (sulfide) groups is 1. The lowest BCUT2D eigenvalue weighted by atomic mass is 10.1. The number of hydrogen-bond acceptors (Lipinski definition) is 5. The molecule has 1 aromatic carbocycles. The quantitative estimate of drug-likeness (QED) is 0.666. The maximum atomic E-state index is 12.4. The van der Waals surface area contributed by atoms with Crippen molar-refractivity contribution in [3.8, 4) is 6.07 Å². The standard InChI is InChI=1S/C19H17N3OS2/c1-11-5-4-6-15-12(2)9-16(21-17(11)15)25-13(3)18(23)22-19-14(10-20)7-8-24-19/h4-9,13H,1-3H3,(H,22,23)/t13-/m0/s1. The normalized spacial score (nSPS) is 11.9. The first-order valence-electron chi connectivity index (χ1n) is 7.81. The topological polar surface area (TPSA) is 65.8 Å². The van der Waals surface area contributed by atoms with E-state index in [1.165, 1.54) is 23.1 Å². The van der Waals surface area contributed by atoms with Crippen molar-refractivity contribution in [3.05, 3.63) is 52.4 Å². The molecule has 0 radical (unpaired) electrons. The van der Waals surface area contributed by atoms with Gasteiger partial charge in [0.05, 0.1) is 21.4 Å². The molecule has 126 valence electrons. The Morgan fingerprint density at radius 2 is 2.12 bits per heavy atom. The Morgan fingerprint density at radius 3 is 2.88 bits per heavy atom. The predicted octanol–water partition coefficient (Wildman–Crippen LogP) is 4.90. The van der Waals surface area contributed by atoms with Gasteiger partial charge in [-0.25, -0.2) is 4.98 Å². The van der Waals surface area contributed by atoms with Gasteiger partial charge in [0.2, 0.25) is 5.91 Å². The minimum Gasteiger partial charge on any atom is -0.316 e. The molecule has 2 aromatic heterocycles. The van der Waals surface area contributed by atoms with Gasteiger partial charge in [-0.1, -0.05) is 30.0 Å². The predicted molar refractivity (Wildman–Crippen MR) is 104 cm³/mol. The molecule has 0 aliphatic heterocycles. The van der Waals surface area contributed by atoms with Crippen LogP contribution in [0.2, 0.25) is 0 Å². The van der Waals surface area contributed by atoms with Gasteiger partial charge < -0.3 is 5.32 Å². The highest BCUT2D eigenvalue weighted by molar-refractivity contribution is 8.00. The van der Waals surface area contributed by atoms with E-state index < -0.39 is 0 Å². The van der Waals surface area contributed by atoms with E-state index in [1.807, 2.05) is 32.0 Å². The number of aryl methyl sites for hydroxylation is 2. The number of pyridine rings is 1. The van der Waals surface area contributed by atoms with Crippen molar-refractivity contribution in [1.82, 2.24) is 4.98 Å². The SMILES string of the molecule is Cc1cc(S[C@@H](C)C(=O)Nc2sccc2C#N)nc2c(C)cccc12. The number of nitriles is 1. The van der Waals surface area contributed by atoms with E-state index in [0.717, 1.165) is 27.1 Å². The summed E-state index contributed by atoms with van der Waals surface area (Å²) in [6.07, 6.45) is 0. The van der Waals surface area contributed by atoms with Crippen LogP contribution in [0.15, 0.2) is 40.7 Å². The summed E-state index contributed by atoms with van der Waals surface area (Å²) in [4.78, 5) is 17.2. The third kappa shape index (κ3) is 3.68. The van der Waals surface area contributed by atoms with Crippen LogP contribution in [-0.2, 0) is 4.79 Å². The first kappa shape index (κ1) is 17.5. The summed E-state index contributed by atoms with van der Waals surface area (Å²) in [5, 5.41) is 15.9. The molecule has 1 N–H and O–H groups in total. The van der Waals surface area contributed by atoms with Gasteiger partial charge in [-0.2, -0.15) is 5.26 Å². The Bertz CT molecular complexity index is 988. The number of carbonyl (C=O) groups is 1. The second-order valence-electron chi connectivity index (χ2n) is 5.77. The van der Waals surface area contributed by atoms with Crippen molar-refractivity contribution < 1.29 is 4.79 Å². The maximum absolute atomic E-state index is 12.4. The highest BCUT2D eigenvalue weighted by atomic mass is 32.2. The monoisotopic (exact) mass is 367 g/mol. The summed E-state index contributed by atoms with van der Waals surface area (Å²) in [5.74, 6) is -0.131. The second kappa shape index (κ2) is 7.26. The van der Waals surface area contributed by atoms with Gasteiger partial charge >= 0.3 is 0 Å². The van der Waals surface area contributed by atoms with E-state index in [1.54, 1.807) is 11.4 Å². The van der Waals surface area contributed by atoms with Gasteiger partial charge in [-0.3, -0.25) is 4.79 Å². The number of hydrogen-bond donors (Lipinski definition) is 1. The van der Waals surface area contributed by atoms with E-state index in [9.17, 15) is 4.79 Å². The first-order valence-corrected chi connectivity index (χ1v) is 9.57. The Morgan fingerprint density at radius 1 is 1.32 bits per heavy atom. The zero-order valence-corrected chi connectivity index (χ0v) is 15.8. The third-order valence-corrected chi connectivity index (χ3v) is 5.76. The average Bonchev–Trinajstić information content (AvgIpc) is 3.03. The second-order valence-corrected chi connectivity index (χ2v) is 8.05. The lowest BCUT2D eigenvalue weighted by Gasteiger charge is -2.13. The van der Waals surface area contributed by atoms with Crippen molar-refractivity contribution in [3.63, 3.8) is 0 Å². The molecule has 0 saturated carbocycles. The van der Waals surface area contributed by atoms with Crippen LogP contribution >= 0.6 is 23.1 Å². The average molecular weight is 367 g/mol. The van der Waals surface area contributed by atoms with Gasteiger partial charge in [0.1, 0.15) is 11.1 Å². The van der Waals surface area contributed by atoms with E-state index >= 15 is 0 Å². The molecule has 25 heavy (non-hydrogen) atoms. The van der Waals surface area contributed by atoms with E-state index in [2.05, 4.69) is 24.4 Å². The van der Waals surface area contributed by atoms with Gasteiger partial charge in [-0.05, 0) is 49.4 Å². The molecule has 0 bridgehead atoms. The van der Waals surface area contributed by atoms with Gasteiger partial charge in [0.15, 0.2) is 0 Å². The molecular weight excluding hydrogens is 350 g/mol. The number of thiophene rings is 1. The number of nitrogens with one attached hydrogen (secondary N) is 1. The lowest BCUT2D eigenvalue weighted by Crippen LogP contribution is -2.22. The van der Waals surface area contributed by atoms with Crippen LogP contribution in [0.3, 0.4) is 0 Å². The highest BCUT2D eigenvalue weighted by Crippen LogP contribution is 2.29. The number of aromatic nitrogens is 1. The number of anilines is 1. The van der Waals surface area contributed by atoms with Crippen LogP contribution in [0, 0.1) is 25.2 Å². The molecule has 0 aliphatic carbocycles. The zero-order chi connectivity index (χ0) is 18.0. The van der Waals surface area contributed by atoms with Crippen molar-refractivity contribution in [2.24, 2.45) is 0 Å². The third-order valence-electron chi connectivity index (χ3n) is 3.91. The summed E-state index contributed by atoms with van der Waals surface area (Å²) in [7, 11) is 0. The fourth-order valence-electron chi connectivity index (χ4n) is 2.53. The fourth-order valence-corrected chi connectivity index (χ4v) is 4.19. The molecule has 4 nitrogen and oxygen atoms in total. The fraction of sp³-hybridized carbons (Fsp3) is 0.211. The molecule has 0 fully saturated rings. The van der Waals surface area contributed by atoms with Crippen LogP contribution in [0.4, 0.5) is 5.00 Å². The van der Waals surface area contributed by atoms with Crippen LogP contribution < -0.4 is 5.32 Å². The number of amides is 1. The van der Waals surface area contributed by atoms with E-state index in [0.29, 0.717) is 10.6 Å². The summed E-state index contributed by atoms with van der Waals surface area (Å²) >= 11 is 2.78. The van der Waals surface area contributed by atoms with Gasteiger partial charge in [-0.15, -0.1) is 11.3 Å². The zero-order valence-electron chi connectivity index (χ0n) is 14.2. The van der Waals surface area contributed by atoms with Crippen molar-refractivity contribution in [2.45, 2.75) is 31.0 Å². The summed E-state index contributed by atoms with van der Waals surface area (Å²) < 4.78 is 0. The molecule has 0 unspecified atom stereocenters. The molecule has 0 aliphatic rings. The van der Waals surface area contributed by atoms with Crippen molar-refractivity contribution in [2.75, 3.05) is 5.32 Å². The molecule has 3 rings (SSSR count). The van der Waals surface area contributed by atoms with Crippen molar-refractivity contribution in [1.29, 1.82) is 5.26 Å². The summed E-state index contributed by atoms with van der Waals surface area (Å²) in [6.45, 7) is 5.95. The Kier molecular flexibility index (Phi) is 5.07. The highest BCUT2D eigenvalue weighted by Gasteiger charge is 2.18. The van der Waals surface area contributed by atoms with Crippen LogP contribution in [0.1, 0.15) is 23.6 Å². The first-order chi connectivity index (χ1) is 12.0. The lowest BCUT2D eigenvalue weighted by molar-refractivity contribution is -0.115. The maximum Gasteiger partial charge on any atom is 0.238 e. The molecule has 6 heteroatoms. The number of fused-ring (bicyclic) bond motifs is 1. The molecule has 0 spiro atoms. The summed E-state index contributed by atoms with van der Waals surface area (Å²) in [5.41, 5.74) is 3.74. The number of para-hydroxylation sites is 1. The minimum atomic E-state index is -0.318. The largest absolute Gasteiger partial charge is 0.316 e. The Hall–Kier alpha value is -2.36. The Balaban J connectivity index is 1.80.